The summed E-state index contributed by atoms with van der Waals surface area (Å²) in [6, 6.07) is 2.37. The number of rotatable bonds is 6. The largest absolute Gasteiger partial charge is 0.378 e. The molecule has 0 heterocycles. The molecule has 0 bridgehead atoms. The molecule has 0 aromatic carbocycles. The first-order chi connectivity index (χ1) is 10.1. The number of carbonyl (C=O) groups excluding carboxylic acids is 1. The summed E-state index contributed by atoms with van der Waals surface area (Å²) in [5, 5.41) is 11.1. The van der Waals surface area contributed by atoms with E-state index >= 15 is 0 Å². The van der Waals surface area contributed by atoms with Crippen molar-refractivity contribution in [3.63, 3.8) is 0 Å². The molecule has 1 N–H and O–H groups in total. The molecule has 2 rings (SSSR count). The lowest BCUT2D eigenvalue weighted by molar-refractivity contribution is -0.179. The number of nitrogens with one attached hydrogen (secondary N) is 1. The Morgan fingerprint density at radius 1 is 1.43 bits per heavy atom. The van der Waals surface area contributed by atoms with Gasteiger partial charge < -0.3 is 10.1 Å². The molecule has 2 atom stereocenters. The number of likely N-dealkylation sites (N-methyl/N-ethyl adjacent to an activating group) is 1. The fraction of sp³-hybridized carbons (Fsp3) is 0.875. The van der Waals surface area contributed by atoms with Crippen LogP contribution in [0.4, 0.5) is 0 Å². The van der Waals surface area contributed by atoms with Crippen molar-refractivity contribution in [2.45, 2.75) is 57.6 Å². The minimum absolute atomic E-state index is 0.0649. The van der Waals surface area contributed by atoms with Gasteiger partial charge in [-0.1, -0.05) is 19.3 Å². The normalized spacial score (nSPS) is 27.1. The van der Waals surface area contributed by atoms with E-state index in [1.165, 1.54) is 32.1 Å². The summed E-state index contributed by atoms with van der Waals surface area (Å²) in [6.45, 7) is 3.28. The van der Waals surface area contributed by atoms with E-state index in [0.717, 1.165) is 13.0 Å². The molecular formula is C16H27N3O2. The molecule has 5 nitrogen and oxygen atoms in total. The number of nitrogens with zero attached hydrogens (tertiary/aromatic N) is 2. The van der Waals surface area contributed by atoms with Crippen LogP contribution in [0.25, 0.3) is 0 Å². The first-order valence-electron chi connectivity index (χ1n) is 8.09. The van der Waals surface area contributed by atoms with E-state index in [2.05, 4.69) is 17.1 Å². The quantitative estimate of drug-likeness (QED) is 0.757. The van der Waals surface area contributed by atoms with Crippen LogP contribution >= 0.6 is 0 Å². The standard InChI is InChI=1S/C16H27N3O2/c1-3-21-14-11-13(16(14)7-5-4-6-8-16)19(2)12-15(20)18-10-9-17/h13-14H,3-8,10-12H2,1-2H3,(H,18,20)/t13-,14-/m0/s1. The van der Waals surface area contributed by atoms with Crippen LogP contribution in [0.15, 0.2) is 0 Å². The van der Waals surface area contributed by atoms with Crippen molar-refractivity contribution in [2.75, 3.05) is 26.7 Å². The Labute approximate surface area is 127 Å². The van der Waals surface area contributed by atoms with E-state index in [1.807, 2.05) is 13.1 Å². The third kappa shape index (κ3) is 3.38. The highest BCUT2D eigenvalue weighted by Gasteiger charge is 2.56. The Bertz CT molecular complexity index is 399. The molecule has 1 spiro atoms. The first-order valence-corrected chi connectivity index (χ1v) is 8.09. The van der Waals surface area contributed by atoms with Crippen LogP contribution in [-0.4, -0.2) is 49.7 Å². The molecule has 0 aromatic rings. The van der Waals surface area contributed by atoms with E-state index in [1.54, 1.807) is 0 Å². The number of carbonyl (C=O) groups is 1. The van der Waals surface area contributed by atoms with Crippen molar-refractivity contribution in [3.05, 3.63) is 0 Å². The molecule has 0 radical (unpaired) electrons. The number of ether oxygens (including phenoxy) is 1. The van der Waals surface area contributed by atoms with Gasteiger partial charge in [-0.05, 0) is 33.2 Å². The summed E-state index contributed by atoms with van der Waals surface area (Å²) in [7, 11) is 2.02. The SMILES string of the molecule is CCO[C@H]1C[C@H](N(C)CC(=O)NCC#N)C12CCCCC2. The predicted molar refractivity (Wildman–Crippen MR) is 80.6 cm³/mol. The van der Waals surface area contributed by atoms with Gasteiger partial charge in [-0.3, -0.25) is 9.69 Å². The lowest BCUT2D eigenvalue weighted by Gasteiger charge is -2.60. The Balaban J connectivity index is 1.95. The third-order valence-corrected chi connectivity index (χ3v) is 5.18. The van der Waals surface area contributed by atoms with Crippen LogP contribution in [0.2, 0.25) is 0 Å². The van der Waals surface area contributed by atoms with E-state index in [4.69, 9.17) is 10.00 Å². The number of hydrogen-bond donors (Lipinski definition) is 1. The third-order valence-electron chi connectivity index (χ3n) is 5.18. The highest BCUT2D eigenvalue weighted by molar-refractivity contribution is 5.78. The minimum Gasteiger partial charge on any atom is -0.378 e. The van der Waals surface area contributed by atoms with E-state index in [9.17, 15) is 4.79 Å². The lowest BCUT2D eigenvalue weighted by atomic mass is 9.54. The maximum absolute atomic E-state index is 11.8. The van der Waals surface area contributed by atoms with Crippen molar-refractivity contribution in [2.24, 2.45) is 5.41 Å². The topological polar surface area (TPSA) is 65.4 Å². The summed E-state index contributed by atoms with van der Waals surface area (Å²) < 4.78 is 5.95. The molecular weight excluding hydrogens is 266 g/mol. The van der Waals surface area contributed by atoms with Gasteiger partial charge in [-0.2, -0.15) is 5.26 Å². The molecule has 0 aliphatic heterocycles. The Morgan fingerprint density at radius 3 is 2.76 bits per heavy atom. The minimum atomic E-state index is -0.0649. The Morgan fingerprint density at radius 2 is 2.14 bits per heavy atom. The lowest BCUT2D eigenvalue weighted by Crippen LogP contribution is -2.65. The van der Waals surface area contributed by atoms with Gasteiger partial charge in [0, 0.05) is 18.1 Å². The summed E-state index contributed by atoms with van der Waals surface area (Å²) >= 11 is 0. The monoisotopic (exact) mass is 293 g/mol. The van der Waals surface area contributed by atoms with Crippen LogP contribution in [0.1, 0.15) is 45.4 Å². The Hall–Kier alpha value is -1.12. The van der Waals surface area contributed by atoms with Gasteiger partial charge >= 0.3 is 0 Å². The molecule has 1 amide bonds. The summed E-state index contributed by atoms with van der Waals surface area (Å²) in [5.74, 6) is -0.0649. The maximum atomic E-state index is 11.8. The summed E-state index contributed by atoms with van der Waals surface area (Å²) in [4.78, 5) is 14.0. The van der Waals surface area contributed by atoms with Crippen molar-refractivity contribution in [1.29, 1.82) is 5.26 Å². The fourth-order valence-electron chi connectivity index (χ4n) is 4.18. The number of hydrogen-bond acceptors (Lipinski definition) is 4. The second kappa shape index (κ2) is 7.24. The molecule has 21 heavy (non-hydrogen) atoms. The van der Waals surface area contributed by atoms with E-state index in [-0.39, 0.29) is 17.9 Å². The average Bonchev–Trinajstić information content (AvgIpc) is 2.49. The first kappa shape index (κ1) is 16.3. The zero-order valence-electron chi connectivity index (χ0n) is 13.2. The van der Waals surface area contributed by atoms with Gasteiger partial charge in [-0.15, -0.1) is 0 Å². The fourth-order valence-corrected chi connectivity index (χ4v) is 4.18. The smallest absolute Gasteiger partial charge is 0.235 e. The molecule has 2 fully saturated rings. The van der Waals surface area contributed by atoms with Gasteiger partial charge in [0.2, 0.25) is 5.91 Å². The highest BCUT2D eigenvalue weighted by Crippen LogP contribution is 2.55. The van der Waals surface area contributed by atoms with Crippen LogP contribution in [0.5, 0.6) is 0 Å². The van der Waals surface area contributed by atoms with Gasteiger partial charge in [0.05, 0.1) is 18.7 Å². The van der Waals surface area contributed by atoms with Crippen LogP contribution in [-0.2, 0) is 9.53 Å². The number of nitriles is 1. The zero-order valence-corrected chi connectivity index (χ0v) is 13.2. The van der Waals surface area contributed by atoms with E-state index in [0.29, 0.717) is 18.7 Å². The van der Waals surface area contributed by atoms with Crippen molar-refractivity contribution in [1.82, 2.24) is 10.2 Å². The van der Waals surface area contributed by atoms with Gasteiger partial charge in [0.15, 0.2) is 0 Å². The zero-order chi connectivity index (χ0) is 15.3. The Kier molecular flexibility index (Phi) is 5.60. The van der Waals surface area contributed by atoms with Crippen molar-refractivity contribution >= 4 is 5.91 Å². The molecule has 5 heteroatoms. The molecule has 2 aliphatic carbocycles. The number of amides is 1. The van der Waals surface area contributed by atoms with Gasteiger partial charge in [0.25, 0.3) is 0 Å². The molecule has 0 unspecified atom stereocenters. The van der Waals surface area contributed by atoms with Crippen molar-refractivity contribution < 1.29 is 9.53 Å². The maximum Gasteiger partial charge on any atom is 0.235 e. The molecule has 2 aliphatic rings. The summed E-state index contributed by atoms with van der Waals surface area (Å²) in [6.07, 6.45) is 7.68. The predicted octanol–water partition coefficient (Wildman–Crippen LogP) is 1.69. The molecule has 118 valence electrons. The van der Waals surface area contributed by atoms with Gasteiger partial charge in [0.1, 0.15) is 6.54 Å². The van der Waals surface area contributed by atoms with Crippen LogP contribution in [0.3, 0.4) is 0 Å². The molecule has 0 saturated heterocycles. The second-order valence-corrected chi connectivity index (χ2v) is 6.34. The highest BCUT2D eigenvalue weighted by atomic mass is 16.5. The van der Waals surface area contributed by atoms with Crippen molar-refractivity contribution in [3.8, 4) is 6.07 Å². The second-order valence-electron chi connectivity index (χ2n) is 6.34. The van der Waals surface area contributed by atoms with Crippen LogP contribution < -0.4 is 5.32 Å². The molecule has 2 saturated carbocycles. The summed E-state index contributed by atoms with van der Waals surface area (Å²) in [5.41, 5.74) is 0.249. The molecule has 0 aromatic heterocycles. The van der Waals surface area contributed by atoms with Crippen LogP contribution in [0, 0.1) is 16.7 Å². The van der Waals surface area contributed by atoms with Gasteiger partial charge in [-0.25, -0.2) is 0 Å². The average molecular weight is 293 g/mol. The van der Waals surface area contributed by atoms with E-state index < -0.39 is 0 Å².